The van der Waals surface area contributed by atoms with Crippen LogP contribution in [0.1, 0.15) is 20.3 Å². The Hall–Kier alpha value is -1.81. The summed E-state index contributed by atoms with van der Waals surface area (Å²) >= 11 is 0. The minimum Gasteiger partial charge on any atom is -0.385 e. The predicted octanol–water partition coefficient (Wildman–Crippen LogP) is 3.30. The number of aromatic nitrogens is 2. The normalized spacial score (nSPS) is 11.5. The molecule has 0 unspecified atom stereocenters. The lowest BCUT2D eigenvalue weighted by molar-refractivity contribution is 0.0185. The summed E-state index contributed by atoms with van der Waals surface area (Å²) in [6, 6.07) is 10.3. The van der Waals surface area contributed by atoms with E-state index < -0.39 is 0 Å². The molecule has 0 aliphatic carbocycles. The lowest BCUT2D eigenvalue weighted by Gasteiger charge is -2.23. The zero-order valence-corrected chi connectivity index (χ0v) is 11.7. The van der Waals surface area contributed by atoms with E-state index >= 15 is 0 Å². The molecule has 0 aliphatic rings. The molecule has 102 valence electrons. The number of nitrogens with one attached hydrogen (secondary N) is 2. The third-order valence-electron chi connectivity index (χ3n) is 3.31. The highest BCUT2D eigenvalue weighted by atomic mass is 16.5. The number of hydrogen-bond donors (Lipinski definition) is 2. The van der Waals surface area contributed by atoms with E-state index in [2.05, 4.69) is 53.6 Å². The molecule has 1 aromatic carbocycles. The number of anilines is 1. The van der Waals surface area contributed by atoms with Gasteiger partial charge >= 0.3 is 0 Å². The molecule has 0 fully saturated rings. The van der Waals surface area contributed by atoms with Crippen molar-refractivity contribution < 1.29 is 4.74 Å². The molecular weight excluding hydrogens is 238 g/mol. The summed E-state index contributed by atoms with van der Waals surface area (Å²) < 4.78 is 5.39. The van der Waals surface area contributed by atoms with Gasteiger partial charge in [-0.25, -0.2) is 0 Å². The Balaban J connectivity index is 1.89. The number of benzene rings is 1. The molecule has 0 saturated carbocycles. The summed E-state index contributed by atoms with van der Waals surface area (Å²) in [5, 5.41) is 10.3. The van der Waals surface area contributed by atoms with Crippen molar-refractivity contribution >= 4 is 5.69 Å². The smallest absolute Gasteiger partial charge is 0.0650 e. The highest BCUT2D eigenvalue weighted by molar-refractivity contribution is 5.62. The zero-order chi connectivity index (χ0) is 13.7. The van der Waals surface area contributed by atoms with E-state index in [9.17, 15) is 0 Å². The topological polar surface area (TPSA) is 49.9 Å². The van der Waals surface area contributed by atoms with Gasteiger partial charge in [0, 0.05) is 25.5 Å². The lowest BCUT2D eigenvalue weighted by atomic mass is 10.1. The van der Waals surface area contributed by atoms with Crippen molar-refractivity contribution in [1.82, 2.24) is 10.2 Å². The van der Waals surface area contributed by atoms with Gasteiger partial charge in [0.2, 0.25) is 0 Å². The zero-order valence-electron chi connectivity index (χ0n) is 11.7. The molecule has 19 heavy (non-hydrogen) atoms. The molecule has 0 radical (unpaired) electrons. The standard InChI is InChI=1S/C15H21N3O/c1-15(2,19-3)9-11-16-13-6-4-12(5-7-13)14-8-10-17-18-14/h4-8,10,16H,9,11H2,1-3H3,(H,17,18). The van der Waals surface area contributed by atoms with Crippen LogP contribution >= 0.6 is 0 Å². The van der Waals surface area contributed by atoms with E-state index in [1.54, 1.807) is 13.3 Å². The second-order valence-corrected chi connectivity index (χ2v) is 5.19. The third kappa shape index (κ3) is 3.83. The first kappa shape index (κ1) is 13.6. The van der Waals surface area contributed by atoms with Crippen molar-refractivity contribution in [3.63, 3.8) is 0 Å². The Morgan fingerprint density at radius 3 is 2.53 bits per heavy atom. The first-order valence-corrected chi connectivity index (χ1v) is 6.49. The van der Waals surface area contributed by atoms with Crippen LogP contribution in [-0.4, -0.2) is 29.5 Å². The molecule has 2 N–H and O–H groups in total. The van der Waals surface area contributed by atoms with Crippen LogP contribution in [0.3, 0.4) is 0 Å². The number of rotatable bonds is 6. The Morgan fingerprint density at radius 2 is 1.95 bits per heavy atom. The summed E-state index contributed by atoms with van der Waals surface area (Å²) in [7, 11) is 1.75. The van der Waals surface area contributed by atoms with Crippen molar-refractivity contribution in [2.75, 3.05) is 19.0 Å². The summed E-state index contributed by atoms with van der Waals surface area (Å²) in [5.74, 6) is 0. The van der Waals surface area contributed by atoms with Crippen LogP contribution in [0.4, 0.5) is 5.69 Å². The molecular formula is C15H21N3O. The minimum absolute atomic E-state index is 0.0805. The molecule has 0 bridgehead atoms. The maximum atomic E-state index is 5.39. The second-order valence-electron chi connectivity index (χ2n) is 5.19. The Labute approximate surface area is 114 Å². The van der Waals surface area contributed by atoms with Crippen LogP contribution in [0.5, 0.6) is 0 Å². The van der Waals surface area contributed by atoms with Gasteiger partial charge in [0.1, 0.15) is 0 Å². The van der Waals surface area contributed by atoms with Gasteiger partial charge in [-0.2, -0.15) is 5.10 Å². The number of ether oxygens (including phenoxy) is 1. The average molecular weight is 259 g/mol. The second kappa shape index (κ2) is 5.89. The van der Waals surface area contributed by atoms with E-state index in [-0.39, 0.29) is 5.60 Å². The fourth-order valence-corrected chi connectivity index (χ4v) is 1.79. The Bertz CT molecular complexity index is 489. The van der Waals surface area contributed by atoms with Crippen LogP contribution in [0.2, 0.25) is 0 Å². The first-order chi connectivity index (χ1) is 9.11. The van der Waals surface area contributed by atoms with Crippen LogP contribution in [-0.2, 0) is 4.74 Å². The number of H-pyrrole nitrogens is 1. The van der Waals surface area contributed by atoms with E-state index in [1.807, 2.05) is 6.07 Å². The van der Waals surface area contributed by atoms with Crippen LogP contribution in [0.25, 0.3) is 11.3 Å². The van der Waals surface area contributed by atoms with Gasteiger partial charge in [-0.05, 0) is 44.0 Å². The maximum Gasteiger partial charge on any atom is 0.0650 e. The van der Waals surface area contributed by atoms with Crippen molar-refractivity contribution in [3.8, 4) is 11.3 Å². The summed E-state index contributed by atoms with van der Waals surface area (Å²) in [6.07, 6.45) is 2.72. The number of methoxy groups -OCH3 is 1. The van der Waals surface area contributed by atoms with E-state index in [1.165, 1.54) is 0 Å². The van der Waals surface area contributed by atoms with Crippen molar-refractivity contribution in [3.05, 3.63) is 36.5 Å². The highest BCUT2D eigenvalue weighted by Crippen LogP contribution is 2.19. The van der Waals surface area contributed by atoms with Crippen molar-refractivity contribution in [2.45, 2.75) is 25.9 Å². The van der Waals surface area contributed by atoms with Gasteiger partial charge < -0.3 is 10.1 Å². The molecule has 1 heterocycles. The van der Waals surface area contributed by atoms with Crippen molar-refractivity contribution in [1.29, 1.82) is 0 Å². The van der Waals surface area contributed by atoms with E-state index in [4.69, 9.17) is 4.74 Å². The highest BCUT2D eigenvalue weighted by Gasteiger charge is 2.15. The molecule has 0 spiro atoms. The minimum atomic E-state index is -0.0805. The molecule has 1 aromatic heterocycles. The fraction of sp³-hybridized carbons (Fsp3) is 0.400. The molecule has 0 atom stereocenters. The molecule has 2 aromatic rings. The van der Waals surface area contributed by atoms with Gasteiger partial charge in [0.25, 0.3) is 0 Å². The lowest BCUT2D eigenvalue weighted by Crippen LogP contribution is -2.25. The van der Waals surface area contributed by atoms with Gasteiger partial charge in [-0.1, -0.05) is 12.1 Å². The van der Waals surface area contributed by atoms with Gasteiger partial charge in [0.15, 0.2) is 0 Å². The average Bonchev–Trinajstić information content (AvgIpc) is 2.93. The van der Waals surface area contributed by atoms with E-state index in [0.29, 0.717) is 0 Å². The van der Waals surface area contributed by atoms with E-state index in [0.717, 1.165) is 29.9 Å². The number of nitrogens with zero attached hydrogens (tertiary/aromatic N) is 1. The van der Waals surface area contributed by atoms with Crippen LogP contribution < -0.4 is 5.32 Å². The number of aromatic amines is 1. The summed E-state index contributed by atoms with van der Waals surface area (Å²) in [4.78, 5) is 0. The Morgan fingerprint density at radius 1 is 1.21 bits per heavy atom. The van der Waals surface area contributed by atoms with Crippen LogP contribution in [0, 0.1) is 0 Å². The third-order valence-corrected chi connectivity index (χ3v) is 3.31. The monoisotopic (exact) mass is 259 g/mol. The summed E-state index contributed by atoms with van der Waals surface area (Å²) in [6.45, 7) is 5.08. The first-order valence-electron chi connectivity index (χ1n) is 6.49. The van der Waals surface area contributed by atoms with Crippen molar-refractivity contribution in [2.24, 2.45) is 0 Å². The molecule has 0 amide bonds. The van der Waals surface area contributed by atoms with Gasteiger partial charge in [-0.3, -0.25) is 5.10 Å². The maximum absolute atomic E-state index is 5.39. The van der Waals surface area contributed by atoms with Crippen LogP contribution in [0.15, 0.2) is 36.5 Å². The predicted molar refractivity (Wildman–Crippen MR) is 78.2 cm³/mol. The largest absolute Gasteiger partial charge is 0.385 e. The summed E-state index contributed by atoms with van der Waals surface area (Å²) in [5.41, 5.74) is 3.21. The molecule has 0 saturated heterocycles. The molecule has 0 aliphatic heterocycles. The quantitative estimate of drug-likeness (QED) is 0.836. The fourth-order valence-electron chi connectivity index (χ4n) is 1.79. The van der Waals surface area contributed by atoms with Gasteiger partial charge in [0.05, 0.1) is 11.3 Å². The SMILES string of the molecule is COC(C)(C)CCNc1ccc(-c2ccn[nH]2)cc1. The number of hydrogen-bond acceptors (Lipinski definition) is 3. The Kier molecular flexibility index (Phi) is 4.22. The molecule has 2 rings (SSSR count). The molecule has 4 heteroatoms. The van der Waals surface area contributed by atoms with Gasteiger partial charge in [-0.15, -0.1) is 0 Å². The molecule has 4 nitrogen and oxygen atoms in total.